The van der Waals surface area contributed by atoms with Gasteiger partial charge < -0.3 is 23.0 Å². The van der Waals surface area contributed by atoms with E-state index in [2.05, 4.69) is 15.5 Å². The summed E-state index contributed by atoms with van der Waals surface area (Å²) in [7, 11) is 0. The van der Waals surface area contributed by atoms with Crippen LogP contribution in [0.2, 0.25) is 0 Å². The topological polar surface area (TPSA) is 53.6 Å². The third-order valence-electron chi connectivity index (χ3n) is 4.58. The van der Waals surface area contributed by atoms with E-state index in [1.165, 1.54) is 13.0 Å². The Bertz CT molecular complexity index is 703. The van der Waals surface area contributed by atoms with Crippen LogP contribution in [0.25, 0.3) is 0 Å². The van der Waals surface area contributed by atoms with Crippen LogP contribution in [0, 0.1) is 13.8 Å². The number of nitrogens with one attached hydrogen (secondary N) is 2. The van der Waals surface area contributed by atoms with E-state index in [1.807, 2.05) is 0 Å². The van der Waals surface area contributed by atoms with Gasteiger partial charge in [-0.3, -0.25) is 10.2 Å². The molecule has 0 atom stereocenters. The third-order valence-corrected chi connectivity index (χ3v) is 4.58. The van der Waals surface area contributed by atoms with Gasteiger partial charge in [0.25, 0.3) is 0 Å². The van der Waals surface area contributed by atoms with Gasteiger partial charge in [-0.15, -0.1) is 5.46 Å². The molecule has 1 amide bonds. The Morgan fingerprint density at radius 3 is 2.29 bits per heavy atom. The van der Waals surface area contributed by atoms with Crippen molar-refractivity contribution in [1.82, 2.24) is 10.2 Å². The number of hydrogen-bond donors (Lipinski definition) is 2. The van der Waals surface area contributed by atoms with E-state index in [4.69, 9.17) is 4.74 Å². The van der Waals surface area contributed by atoms with E-state index in [1.54, 1.807) is 27.7 Å². The Balaban J connectivity index is 0.00000392. The maximum absolute atomic E-state index is 13.6. The van der Waals surface area contributed by atoms with Gasteiger partial charge >= 0.3 is 64.5 Å². The molecular formula is C18H28BF3KN3O2. The van der Waals surface area contributed by atoms with Crippen molar-refractivity contribution in [3.63, 3.8) is 0 Å². The molecule has 2 N–H and O–H groups in total. The Morgan fingerprint density at radius 2 is 1.79 bits per heavy atom. The van der Waals surface area contributed by atoms with Crippen molar-refractivity contribution in [2.45, 2.75) is 46.8 Å². The smallest absolute Gasteiger partial charge is 0.445 e. The number of halogens is 3. The Labute approximate surface area is 207 Å². The predicted molar refractivity (Wildman–Crippen MR) is 103 cm³/mol. The molecule has 1 saturated heterocycles. The fraction of sp³-hybridized carbons (Fsp3) is 0.611. The van der Waals surface area contributed by atoms with E-state index in [-0.39, 0.29) is 62.6 Å². The summed E-state index contributed by atoms with van der Waals surface area (Å²) in [6, 6.07) is 1.23. The first-order valence-electron chi connectivity index (χ1n) is 9.14. The minimum Gasteiger partial charge on any atom is -0.445 e. The van der Waals surface area contributed by atoms with Crippen LogP contribution in [-0.2, 0) is 11.3 Å². The molecule has 0 unspecified atom stereocenters. The second-order valence-electron chi connectivity index (χ2n) is 7.98. The Kier molecular flexibility index (Phi) is 9.52. The van der Waals surface area contributed by atoms with Crippen molar-refractivity contribution >= 4 is 24.2 Å². The van der Waals surface area contributed by atoms with E-state index in [0.29, 0.717) is 17.7 Å². The SMILES string of the molecule is Cc1c(CN2CCNCC2)cc([B-](F)(F)F)c(C)c1NC(=O)OC(C)(C)C.[K+]. The molecule has 28 heavy (non-hydrogen) atoms. The average Bonchev–Trinajstić information content (AvgIpc) is 2.52. The molecule has 5 nitrogen and oxygen atoms in total. The van der Waals surface area contributed by atoms with Gasteiger partial charge in [-0.25, -0.2) is 4.79 Å². The fourth-order valence-corrected chi connectivity index (χ4v) is 3.20. The monoisotopic (exact) mass is 425 g/mol. The number of anilines is 1. The van der Waals surface area contributed by atoms with Gasteiger partial charge in [0, 0.05) is 38.4 Å². The number of amides is 1. The fourth-order valence-electron chi connectivity index (χ4n) is 3.20. The van der Waals surface area contributed by atoms with Crippen LogP contribution in [0.15, 0.2) is 6.07 Å². The van der Waals surface area contributed by atoms with Gasteiger partial charge in [0.2, 0.25) is 0 Å². The van der Waals surface area contributed by atoms with Crippen molar-refractivity contribution in [2.24, 2.45) is 0 Å². The first-order chi connectivity index (χ1) is 12.4. The number of nitrogens with zero attached hydrogens (tertiary/aromatic N) is 1. The summed E-state index contributed by atoms with van der Waals surface area (Å²) in [6.45, 7) is 6.62. The molecule has 1 aromatic rings. The summed E-state index contributed by atoms with van der Waals surface area (Å²) in [5.74, 6) is 0. The zero-order chi connectivity index (χ0) is 20.4. The molecule has 2 rings (SSSR count). The average molecular weight is 425 g/mol. The van der Waals surface area contributed by atoms with E-state index in [0.717, 1.165) is 26.2 Å². The quantitative estimate of drug-likeness (QED) is 0.673. The Hall–Kier alpha value is -0.0987. The van der Waals surface area contributed by atoms with Crippen LogP contribution in [-0.4, -0.2) is 49.8 Å². The number of carbonyl (C=O) groups excluding carboxylic acids is 1. The summed E-state index contributed by atoms with van der Waals surface area (Å²) in [4.78, 5) is 14.3. The number of ether oxygens (including phenoxy) is 1. The van der Waals surface area contributed by atoms with Gasteiger partial charge in [0.15, 0.2) is 0 Å². The molecule has 1 heterocycles. The molecule has 1 aliphatic rings. The maximum Gasteiger partial charge on any atom is 1.00 e. The minimum atomic E-state index is -5.20. The van der Waals surface area contributed by atoms with Crippen LogP contribution < -0.4 is 67.5 Å². The van der Waals surface area contributed by atoms with Gasteiger partial charge in [-0.2, -0.15) is 0 Å². The molecule has 0 bridgehead atoms. The summed E-state index contributed by atoms with van der Waals surface area (Å²) in [5.41, 5.74) is 0.0161. The van der Waals surface area contributed by atoms with Crippen LogP contribution >= 0.6 is 0 Å². The molecule has 0 radical (unpaired) electrons. The number of hydrogen-bond acceptors (Lipinski definition) is 4. The first kappa shape index (κ1) is 25.9. The zero-order valence-corrected chi connectivity index (χ0v) is 20.7. The van der Waals surface area contributed by atoms with Crippen LogP contribution in [0.4, 0.5) is 23.4 Å². The minimum absolute atomic E-state index is 0. The molecule has 152 valence electrons. The van der Waals surface area contributed by atoms with Gasteiger partial charge in [0.1, 0.15) is 5.60 Å². The van der Waals surface area contributed by atoms with Crippen molar-refractivity contribution in [1.29, 1.82) is 0 Å². The van der Waals surface area contributed by atoms with E-state index in [9.17, 15) is 17.7 Å². The third kappa shape index (κ3) is 7.30. The van der Waals surface area contributed by atoms with Crippen molar-refractivity contribution in [3.8, 4) is 0 Å². The molecule has 1 aliphatic heterocycles. The molecule has 0 aromatic heterocycles. The number of rotatable bonds is 4. The van der Waals surface area contributed by atoms with Gasteiger partial charge in [0.05, 0.1) is 0 Å². The van der Waals surface area contributed by atoms with Crippen LogP contribution in [0.5, 0.6) is 0 Å². The second kappa shape index (κ2) is 10.3. The van der Waals surface area contributed by atoms with Gasteiger partial charge in [-0.05, 0) is 45.7 Å². The molecule has 0 spiro atoms. The maximum atomic E-state index is 13.6. The summed E-state index contributed by atoms with van der Waals surface area (Å²) in [5, 5.41) is 5.77. The second-order valence-corrected chi connectivity index (χ2v) is 7.98. The zero-order valence-electron chi connectivity index (χ0n) is 17.6. The van der Waals surface area contributed by atoms with Crippen LogP contribution in [0.3, 0.4) is 0 Å². The number of piperazine rings is 1. The summed E-state index contributed by atoms with van der Waals surface area (Å²) < 4.78 is 46.1. The molecular weight excluding hydrogens is 397 g/mol. The molecule has 1 aromatic carbocycles. The van der Waals surface area contributed by atoms with Gasteiger partial charge in [-0.1, -0.05) is 11.6 Å². The summed E-state index contributed by atoms with van der Waals surface area (Å²) in [6.07, 6.45) is -0.756. The summed E-state index contributed by atoms with van der Waals surface area (Å²) >= 11 is 0. The largest absolute Gasteiger partial charge is 1.00 e. The molecule has 1 fully saturated rings. The van der Waals surface area contributed by atoms with Crippen molar-refractivity contribution in [2.75, 3.05) is 31.5 Å². The van der Waals surface area contributed by atoms with Crippen molar-refractivity contribution in [3.05, 3.63) is 22.8 Å². The molecule has 10 heteroatoms. The predicted octanol–water partition coefficient (Wildman–Crippen LogP) is 0.114. The van der Waals surface area contributed by atoms with Crippen LogP contribution in [0.1, 0.15) is 37.5 Å². The van der Waals surface area contributed by atoms with E-state index < -0.39 is 24.1 Å². The standard InChI is InChI=1S/C18H28BF3N3O2.K/c1-12-14(11-25-8-6-23-7-9-25)10-15(19(20,21)22)13(2)16(12)24-17(26)27-18(3,4)5;/h10,23H,6-9,11H2,1-5H3,(H,24,26);/q-1;+1. The number of carbonyl (C=O) groups is 1. The normalized spacial score (nSPS) is 15.7. The molecule has 0 saturated carbocycles. The number of benzene rings is 1. The molecule has 0 aliphatic carbocycles. The van der Waals surface area contributed by atoms with E-state index >= 15 is 0 Å². The van der Waals surface area contributed by atoms with Crippen molar-refractivity contribution < 1.29 is 73.9 Å². The first-order valence-corrected chi connectivity index (χ1v) is 9.14. The Morgan fingerprint density at radius 1 is 1.21 bits per heavy atom.